The van der Waals surface area contributed by atoms with E-state index in [0.717, 1.165) is 23.7 Å². The number of benzene rings is 1. The molecule has 1 heterocycles. The first-order valence-electron chi connectivity index (χ1n) is 9.56. The summed E-state index contributed by atoms with van der Waals surface area (Å²) in [6.07, 6.45) is 3.52. The van der Waals surface area contributed by atoms with E-state index in [-0.39, 0.29) is 11.9 Å². The van der Waals surface area contributed by atoms with Gasteiger partial charge in [-0.1, -0.05) is 56.5 Å². The summed E-state index contributed by atoms with van der Waals surface area (Å²) in [6.45, 7) is 6.63. The van der Waals surface area contributed by atoms with E-state index in [1.165, 1.54) is 24.0 Å². The zero-order valence-electron chi connectivity index (χ0n) is 16.0. The molecule has 3 nitrogen and oxygen atoms in total. The van der Waals surface area contributed by atoms with Crippen molar-refractivity contribution in [3.63, 3.8) is 0 Å². The van der Waals surface area contributed by atoms with Crippen LogP contribution in [-0.4, -0.2) is 11.9 Å². The standard InChI is InChI=1S/C22H29NO2S/c1-15-6-4-8-18(12-15)13-26-14-19-10-11-21(25-19)22(24)23-20-9-5-7-16(2)17(20)3/h4,6,8,10-12,16-17,20H,5,7,9,13-14H2,1-3H3,(H,23,24)/t16-,17-,20+/m0/s1. The van der Waals surface area contributed by atoms with E-state index < -0.39 is 0 Å². The van der Waals surface area contributed by atoms with Gasteiger partial charge < -0.3 is 9.73 Å². The summed E-state index contributed by atoms with van der Waals surface area (Å²) in [4.78, 5) is 12.5. The summed E-state index contributed by atoms with van der Waals surface area (Å²) in [7, 11) is 0. The molecule has 0 spiro atoms. The van der Waals surface area contributed by atoms with Crippen molar-refractivity contribution in [3.05, 3.63) is 59.0 Å². The Bertz CT molecular complexity index is 739. The number of rotatable bonds is 6. The lowest BCUT2D eigenvalue weighted by atomic mass is 9.78. The average Bonchev–Trinajstić information content (AvgIpc) is 3.08. The minimum Gasteiger partial charge on any atom is -0.455 e. The number of aryl methyl sites for hydroxylation is 1. The minimum absolute atomic E-state index is 0.0779. The van der Waals surface area contributed by atoms with Crippen LogP contribution in [0.5, 0.6) is 0 Å². The number of hydrogen-bond donors (Lipinski definition) is 1. The molecular formula is C22H29NO2S. The van der Waals surface area contributed by atoms with E-state index in [9.17, 15) is 4.79 Å². The van der Waals surface area contributed by atoms with Gasteiger partial charge in [-0.15, -0.1) is 11.8 Å². The number of furan rings is 1. The summed E-state index contributed by atoms with van der Waals surface area (Å²) in [5.74, 6) is 4.12. The molecule has 1 fully saturated rings. The normalized spacial score (nSPS) is 23.0. The second-order valence-electron chi connectivity index (χ2n) is 7.60. The van der Waals surface area contributed by atoms with E-state index >= 15 is 0 Å². The average molecular weight is 372 g/mol. The van der Waals surface area contributed by atoms with Crippen molar-refractivity contribution in [2.45, 2.75) is 57.6 Å². The molecule has 1 aromatic carbocycles. The van der Waals surface area contributed by atoms with Gasteiger partial charge in [-0.25, -0.2) is 0 Å². The molecule has 1 saturated carbocycles. The smallest absolute Gasteiger partial charge is 0.287 e. The molecule has 0 bridgehead atoms. The third kappa shape index (κ3) is 4.94. The maximum atomic E-state index is 12.5. The topological polar surface area (TPSA) is 42.2 Å². The fourth-order valence-corrected chi connectivity index (χ4v) is 4.55. The van der Waals surface area contributed by atoms with Gasteiger partial charge in [-0.05, 0) is 42.9 Å². The first-order valence-corrected chi connectivity index (χ1v) is 10.7. The maximum absolute atomic E-state index is 12.5. The maximum Gasteiger partial charge on any atom is 0.287 e. The first-order chi connectivity index (χ1) is 12.5. The summed E-state index contributed by atoms with van der Waals surface area (Å²) < 4.78 is 5.78. The third-order valence-corrected chi connectivity index (χ3v) is 6.53. The molecule has 0 saturated heterocycles. The van der Waals surface area contributed by atoms with Gasteiger partial charge >= 0.3 is 0 Å². The van der Waals surface area contributed by atoms with Crippen LogP contribution in [0.1, 0.15) is 60.6 Å². The Kier molecular flexibility index (Phi) is 6.47. The van der Waals surface area contributed by atoms with Crippen molar-refractivity contribution in [2.75, 3.05) is 0 Å². The molecule has 3 atom stereocenters. The zero-order chi connectivity index (χ0) is 18.5. The summed E-state index contributed by atoms with van der Waals surface area (Å²) >= 11 is 1.80. The molecule has 2 aromatic rings. The predicted molar refractivity (Wildman–Crippen MR) is 108 cm³/mol. The Labute approximate surface area is 160 Å². The fraction of sp³-hybridized carbons (Fsp3) is 0.500. The molecule has 3 rings (SSSR count). The lowest BCUT2D eigenvalue weighted by molar-refractivity contribution is 0.0861. The Hall–Kier alpha value is -1.68. The van der Waals surface area contributed by atoms with Crippen LogP contribution in [0.4, 0.5) is 0 Å². The number of thioether (sulfide) groups is 1. The summed E-state index contributed by atoms with van der Waals surface area (Å²) in [6, 6.07) is 12.5. The van der Waals surface area contributed by atoms with Crippen molar-refractivity contribution < 1.29 is 9.21 Å². The van der Waals surface area contributed by atoms with Gasteiger partial charge in [-0.2, -0.15) is 0 Å². The van der Waals surface area contributed by atoms with Gasteiger partial charge in [0.25, 0.3) is 5.91 Å². The highest BCUT2D eigenvalue weighted by Gasteiger charge is 2.29. The van der Waals surface area contributed by atoms with Crippen LogP contribution in [0.15, 0.2) is 40.8 Å². The largest absolute Gasteiger partial charge is 0.455 e. The molecular weight excluding hydrogens is 342 g/mol. The minimum atomic E-state index is -0.0779. The second-order valence-corrected chi connectivity index (χ2v) is 8.58. The van der Waals surface area contributed by atoms with Gasteiger partial charge in [0.15, 0.2) is 5.76 Å². The summed E-state index contributed by atoms with van der Waals surface area (Å²) in [5.41, 5.74) is 2.60. The molecule has 4 heteroatoms. The van der Waals surface area contributed by atoms with Gasteiger partial charge in [-0.3, -0.25) is 4.79 Å². The molecule has 1 aliphatic carbocycles. The van der Waals surface area contributed by atoms with E-state index in [4.69, 9.17) is 4.42 Å². The van der Waals surface area contributed by atoms with E-state index in [1.54, 1.807) is 17.8 Å². The number of carbonyl (C=O) groups is 1. The number of hydrogen-bond acceptors (Lipinski definition) is 3. The van der Waals surface area contributed by atoms with Crippen molar-refractivity contribution in [2.24, 2.45) is 11.8 Å². The first kappa shape index (κ1) is 19.1. The lowest BCUT2D eigenvalue weighted by Gasteiger charge is -2.34. The highest BCUT2D eigenvalue weighted by molar-refractivity contribution is 7.97. The Morgan fingerprint density at radius 3 is 2.85 bits per heavy atom. The number of nitrogens with one attached hydrogen (secondary N) is 1. The predicted octanol–water partition coefficient (Wildman–Crippen LogP) is 5.58. The Balaban J connectivity index is 1.50. The SMILES string of the molecule is Cc1cccc(CSCc2ccc(C(=O)N[C@@H]3CCC[C@H](C)[C@@H]3C)o2)c1. The van der Waals surface area contributed by atoms with Gasteiger partial charge in [0, 0.05) is 11.8 Å². The van der Waals surface area contributed by atoms with Gasteiger partial charge in [0.05, 0.1) is 5.75 Å². The van der Waals surface area contributed by atoms with E-state index in [1.807, 2.05) is 6.07 Å². The molecule has 140 valence electrons. The van der Waals surface area contributed by atoms with Crippen LogP contribution >= 0.6 is 11.8 Å². The van der Waals surface area contributed by atoms with Crippen molar-refractivity contribution >= 4 is 17.7 Å². The number of carbonyl (C=O) groups excluding carboxylic acids is 1. The molecule has 1 amide bonds. The van der Waals surface area contributed by atoms with E-state index in [0.29, 0.717) is 17.6 Å². The van der Waals surface area contributed by atoms with Crippen LogP contribution in [0, 0.1) is 18.8 Å². The molecule has 26 heavy (non-hydrogen) atoms. The monoisotopic (exact) mass is 371 g/mol. The van der Waals surface area contributed by atoms with Crippen LogP contribution in [0.2, 0.25) is 0 Å². The molecule has 1 aromatic heterocycles. The molecule has 1 N–H and O–H groups in total. The van der Waals surface area contributed by atoms with Crippen molar-refractivity contribution in [3.8, 4) is 0 Å². The second kappa shape index (κ2) is 8.81. The van der Waals surface area contributed by atoms with Crippen LogP contribution in [0.25, 0.3) is 0 Å². The van der Waals surface area contributed by atoms with E-state index in [2.05, 4.69) is 50.4 Å². The lowest BCUT2D eigenvalue weighted by Crippen LogP contribution is -2.43. The van der Waals surface area contributed by atoms with Gasteiger partial charge in [0.2, 0.25) is 0 Å². The fourth-order valence-electron chi connectivity index (χ4n) is 3.67. The van der Waals surface area contributed by atoms with Gasteiger partial charge in [0.1, 0.15) is 5.76 Å². The third-order valence-electron chi connectivity index (χ3n) is 5.50. The number of amides is 1. The molecule has 0 radical (unpaired) electrons. The van der Waals surface area contributed by atoms with Crippen LogP contribution in [-0.2, 0) is 11.5 Å². The highest BCUT2D eigenvalue weighted by atomic mass is 32.2. The quantitative estimate of drug-likeness (QED) is 0.721. The highest BCUT2D eigenvalue weighted by Crippen LogP contribution is 2.29. The van der Waals surface area contributed by atoms with Crippen molar-refractivity contribution in [1.82, 2.24) is 5.32 Å². The molecule has 0 unspecified atom stereocenters. The summed E-state index contributed by atoms with van der Waals surface area (Å²) in [5, 5.41) is 3.18. The Morgan fingerprint density at radius 2 is 2.04 bits per heavy atom. The Morgan fingerprint density at radius 1 is 1.19 bits per heavy atom. The van der Waals surface area contributed by atoms with Crippen LogP contribution in [0.3, 0.4) is 0 Å². The zero-order valence-corrected chi connectivity index (χ0v) is 16.8. The molecule has 1 aliphatic rings. The molecule has 0 aliphatic heterocycles. The van der Waals surface area contributed by atoms with Crippen molar-refractivity contribution in [1.29, 1.82) is 0 Å². The van der Waals surface area contributed by atoms with Crippen LogP contribution < -0.4 is 5.32 Å².